The van der Waals surface area contributed by atoms with Crippen LogP contribution in [0.5, 0.6) is 0 Å². The van der Waals surface area contributed by atoms with Crippen molar-refractivity contribution < 1.29 is 18.0 Å². The summed E-state index contributed by atoms with van der Waals surface area (Å²) in [5, 5.41) is 14.0. The number of benzene rings is 2. The van der Waals surface area contributed by atoms with Gasteiger partial charge in [-0.3, -0.25) is 9.59 Å². The number of hydrogen-bond donors (Lipinski definition) is 2. The van der Waals surface area contributed by atoms with E-state index in [1.54, 1.807) is 43.3 Å². The summed E-state index contributed by atoms with van der Waals surface area (Å²) in [6.07, 6.45) is 0.357. The molecule has 0 aliphatic carbocycles. The van der Waals surface area contributed by atoms with E-state index in [9.17, 15) is 18.0 Å². The molecule has 2 aromatic carbocycles. The van der Waals surface area contributed by atoms with Crippen LogP contribution < -0.4 is 10.6 Å². The lowest BCUT2D eigenvalue weighted by Gasteiger charge is -2.08. The molecule has 0 bridgehead atoms. The maximum Gasteiger partial charge on any atom is 0.239 e. The van der Waals surface area contributed by atoms with Crippen molar-refractivity contribution in [3.05, 3.63) is 59.7 Å². The van der Waals surface area contributed by atoms with Crippen molar-refractivity contribution in [2.75, 3.05) is 16.4 Å². The Morgan fingerprint density at radius 3 is 1.93 bits per heavy atom. The number of nitrogens with zero attached hydrogens (tertiary/aromatic N) is 1. The zero-order valence-corrected chi connectivity index (χ0v) is 15.5. The maximum atomic E-state index is 12.2. The van der Waals surface area contributed by atoms with Crippen LogP contribution in [0.3, 0.4) is 0 Å². The van der Waals surface area contributed by atoms with E-state index < -0.39 is 21.5 Å². The number of rotatable bonds is 7. The highest BCUT2D eigenvalue weighted by Gasteiger charge is 2.17. The summed E-state index contributed by atoms with van der Waals surface area (Å²) in [6.45, 7) is 1.74. The van der Waals surface area contributed by atoms with Gasteiger partial charge in [-0.05, 0) is 42.0 Å². The fraction of sp³-hybridized carbons (Fsp3) is 0.211. The monoisotopic (exact) mass is 385 g/mol. The van der Waals surface area contributed by atoms with Gasteiger partial charge in [-0.25, -0.2) is 8.42 Å². The topological polar surface area (TPSA) is 116 Å². The third kappa shape index (κ3) is 6.56. The Morgan fingerprint density at radius 2 is 1.44 bits per heavy atom. The minimum absolute atomic E-state index is 0.124. The van der Waals surface area contributed by atoms with Gasteiger partial charge >= 0.3 is 0 Å². The summed E-state index contributed by atoms with van der Waals surface area (Å²) < 4.78 is 24.4. The molecule has 2 rings (SSSR count). The number of anilines is 2. The van der Waals surface area contributed by atoms with Crippen LogP contribution >= 0.6 is 0 Å². The first kappa shape index (κ1) is 20.1. The Morgan fingerprint density at radius 1 is 0.926 bits per heavy atom. The van der Waals surface area contributed by atoms with Crippen molar-refractivity contribution in [1.82, 2.24) is 0 Å². The lowest BCUT2D eigenvalue weighted by molar-refractivity contribution is -0.116. The van der Waals surface area contributed by atoms with Crippen LogP contribution in [0, 0.1) is 11.3 Å². The van der Waals surface area contributed by atoms with Gasteiger partial charge in [-0.15, -0.1) is 0 Å². The largest absolute Gasteiger partial charge is 0.326 e. The molecular weight excluding hydrogens is 366 g/mol. The van der Waals surface area contributed by atoms with Crippen LogP contribution in [0.1, 0.15) is 24.5 Å². The van der Waals surface area contributed by atoms with E-state index in [4.69, 9.17) is 5.26 Å². The fourth-order valence-corrected chi connectivity index (χ4v) is 3.54. The van der Waals surface area contributed by atoms with Gasteiger partial charge in [-0.1, -0.05) is 19.1 Å². The van der Waals surface area contributed by atoms with Gasteiger partial charge in [-0.2, -0.15) is 5.26 Å². The van der Waals surface area contributed by atoms with Crippen LogP contribution in [0.15, 0.2) is 48.5 Å². The van der Waals surface area contributed by atoms with Crippen molar-refractivity contribution in [3.63, 3.8) is 0 Å². The highest BCUT2D eigenvalue weighted by molar-refractivity contribution is 7.91. The molecule has 2 aromatic rings. The molecule has 7 nitrogen and oxygen atoms in total. The molecule has 0 atom stereocenters. The maximum absolute atomic E-state index is 12.2. The normalized spacial score (nSPS) is 10.7. The first-order valence-electron chi connectivity index (χ1n) is 8.20. The summed E-state index contributed by atoms with van der Waals surface area (Å²) in [4.78, 5) is 23.3. The third-order valence-electron chi connectivity index (χ3n) is 3.59. The average Bonchev–Trinajstić information content (AvgIpc) is 2.63. The Bertz CT molecular complexity index is 960. The molecule has 0 aliphatic heterocycles. The molecule has 0 fully saturated rings. The predicted molar refractivity (Wildman–Crippen MR) is 103 cm³/mol. The number of hydrogen-bond acceptors (Lipinski definition) is 5. The van der Waals surface area contributed by atoms with Gasteiger partial charge in [0.2, 0.25) is 11.8 Å². The molecule has 0 spiro atoms. The number of carbonyl (C=O) groups is 2. The molecule has 0 saturated carbocycles. The zero-order valence-electron chi connectivity index (χ0n) is 14.7. The van der Waals surface area contributed by atoms with Crippen LogP contribution in [-0.4, -0.2) is 26.0 Å². The molecule has 140 valence electrons. The molecule has 27 heavy (non-hydrogen) atoms. The van der Waals surface area contributed by atoms with Crippen molar-refractivity contribution in [1.29, 1.82) is 5.26 Å². The van der Waals surface area contributed by atoms with Gasteiger partial charge in [0, 0.05) is 17.8 Å². The molecule has 0 aliphatic rings. The lowest BCUT2D eigenvalue weighted by Crippen LogP contribution is -2.24. The smallest absolute Gasteiger partial charge is 0.239 e. The Labute approximate surface area is 157 Å². The minimum Gasteiger partial charge on any atom is -0.326 e. The van der Waals surface area contributed by atoms with E-state index in [1.807, 2.05) is 6.07 Å². The Hall–Kier alpha value is -3.18. The molecule has 0 radical (unpaired) electrons. The molecule has 2 N–H and O–H groups in total. The highest BCUT2D eigenvalue weighted by atomic mass is 32.2. The van der Waals surface area contributed by atoms with E-state index >= 15 is 0 Å². The first-order valence-corrected chi connectivity index (χ1v) is 10.0. The highest BCUT2D eigenvalue weighted by Crippen LogP contribution is 2.14. The second-order valence-corrected chi connectivity index (χ2v) is 7.93. The van der Waals surface area contributed by atoms with Gasteiger partial charge in [0.15, 0.2) is 9.84 Å². The van der Waals surface area contributed by atoms with Crippen LogP contribution in [0.2, 0.25) is 0 Å². The van der Waals surface area contributed by atoms with Crippen molar-refractivity contribution in [2.45, 2.75) is 19.1 Å². The summed E-state index contributed by atoms with van der Waals surface area (Å²) in [5.41, 5.74) is 1.97. The van der Waals surface area contributed by atoms with Crippen molar-refractivity contribution in [3.8, 4) is 6.07 Å². The first-order chi connectivity index (χ1) is 12.8. The van der Waals surface area contributed by atoms with E-state index in [-0.39, 0.29) is 11.7 Å². The van der Waals surface area contributed by atoms with Crippen molar-refractivity contribution in [2.24, 2.45) is 0 Å². The van der Waals surface area contributed by atoms with Crippen molar-refractivity contribution >= 4 is 33.0 Å². The Kier molecular flexibility index (Phi) is 6.68. The average molecular weight is 385 g/mol. The summed E-state index contributed by atoms with van der Waals surface area (Å²) in [7, 11) is -3.65. The molecule has 0 heterocycles. The summed E-state index contributed by atoms with van der Waals surface area (Å²) in [5.74, 6) is -1.70. The molecule has 0 saturated heterocycles. The number of amides is 2. The molecule has 8 heteroatoms. The van der Waals surface area contributed by atoms with Crippen LogP contribution in [0.4, 0.5) is 11.4 Å². The van der Waals surface area contributed by atoms with Gasteiger partial charge < -0.3 is 10.6 Å². The SMILES string of the molecule is CCC(=O)Nc1ccc(NC(=O)CS(=O)(=O)Cc2ccc(C#N)cc2)cc1. The molecule has 0 unspecified atom stereocenters. The second kappa shape index (κ2) is 8.96. The van der Waals surface area contributed by atoms with E-state index in [0.717, 1.165) is 0 Å². The van der Waals surface area contributed by atoms with E-state index in [0.29, 0.717) is 28.9 Å². The third-order valence-corrected chi connectivity index (χ3v) is 5.07. The number of carbonyl (C=O) groups excluding carboxylic acids is 2. The Balaban J connectivity index is 1.93. The number of nitrogens with one attached hydrogen (secondary N) is 2. The van der Waals surface area contributed by atoms with E-state index in [2.05, 4.69) is 10.6 Å². The number of nitriles is 1. The number of sulfone groups is 1. The van der Waals surface area contributed by atoms with Gasteiger partial charge in [0.1, 0.15) is 5.75 Å². The van der Waals surface area contributed by atoms with Crippen LogP contribution in [-0.2, 0) is 25.2 Å². The molecule has 2 amide bonds. The molecular formula is C19H19N3O4S. The van der Waals surface area contributed by atoms with Gasteiger partial charge in [0.05, 0.1) is 17.4 Å². The van der Waals surface area contributed by atoms with E-state index in [1.165, 1.54) is 12.1 Å². The quantitative estimate of drug-likeness (QED) is 0.759. The van der Waals surface area contributed by atoms with Gasteiger partial charge in [0.25, 0.3) is 0 Å². The zero-order chi connectivity index (χ0) is 19.9. The standard InChI is InChI=1S/C19H19N3O4S/c1-2-18(23)21-16-7-9-17(10-8-16)22-19(24)13-27(25,26)12-15-5-3-14(11-20)4-6-15/h3-10H,2,12-13H2,1H3,(H,21,23)(H,22,24). The second-order valence-electron chi connectivity index (χ2n) is 5.87. The summed E-state index contributed by atoms with van der Waals surface area (Å²) >= 11 is 0. The summed E-state index contributed by atoms with van der Waals surface area (Å²) in [6, 6.07) is 14.5. The van der Waals surface area contributed by atoms with Crippen LogP contribution in [0.25, 0.3) is 0 Å². The predicted octanol–water partition coefficient (Wildman–Crippen LogP) is 2.46. The fourth-order valence-electron chi connectivity index (χ4n) is 2.26. The molecule has 0 aromatic heterocycles. The lowest BCUT2D eigenvalue weighted by atomic mass is 10.2. The minimum atomic E-state index is -3.65.